The van der Waals surface area contributed by atoms with E-state index in [4.69, 9.17) is 27.9 Å². The van der Waals surface area contributed by atoms with Crippen molar-refractivity contribution in [1.82, 2.24) is 4.98 Å². The lowest BCUT2D eigenvalue weighted by Crippen LogP contribution is -2.35. The molecule has 1 atom stereocenters. The standard InChI is InChI=1S/C18H14Cl2FN3O3/c19-13-3-6-15(16(20)7-13)17(8-23-9-18(22-11-23)24(25)26)27-10-12-1-4-14(21)5-2-12/h1-7,9,11,17H,8,10H2/p+1. The second-order valence-corrected chi connectivity index (χ2v) is 6.68. The first-order valence-corrected chi connectivity index (χ1v) is 8.71. The number of nitro groups is 1. The number of nitrogens with zero attached hydrogens (tertiary/aromatic N) is 2. The van der Waals surface area contributed by atoms with Crippen LogP contribution in [-0.2, 0) is 17.9 Å². The molecular formula is C18H15Cl2FN3O3+. The predicted molar refractivity (Wildman–Crippen MR) is 98.0 cm³/mol. The average Bonchev–Trinajstić information content (AvgIpc) is 3.09. The summed E-state index contributed by atoms with van der Waals surface area (Å²) in [5, 5.41) is 11.8. The Morgan fingerprint density at radius 1 is 1.22 bits per heavy atom. The lowest BCUT2D eigenvalue weighted by molar-refractivity contribution is -0.705. The van der Waals surface area contributed by atoms with Crippen LogP contribution in [0.15, 0.2) is 55.0 Å². The summed E-state index contributed by atoms with van der Waals surface area (Å²) >= 11 is 12.3. The van der Waals surface area contributed by atoms with Crippen molar-refractivity contribution in [2.24, 2.45) is 0 Å². The summed E-state index contributed by atoms with van der Waals surface area (Å²) < 4.78 is 20.7. The van der Waals surface area contributed by atoms with Gasteiger partial charge >= 0.3 is 5.82 Å². The number of hydrogen-bond donors (Lipinski definition) is 1. The van der Waals surface area contributed by atoms with Crippen LogP contribution in [0.1, 0.15) is 17.2 Å². The second-order valence-electron chi connectivity index (χ2n) is 5.83. The molecule has 2 aromatic carbocycles. The number of imidazole rings is 1. The van der Waals surface area contributed by atoms with Crippen molar-refractivity contribution in [3.8, 4) is 0 Å². The van der Waals surface area contributed by atoms with Crippen LogP contribution in [0.25, 0.3) is 0 Å². The molecule has 6 nitrogen and oxygen atoms in total. The molecule has 0 radical (unpaired) electrons. The number of aromatic amines is 1. The van der Waals surface area contributed by atoms with Gasteiger partial charge in [-0.1, -0.05) is 41.4 Å². The highest BCUT2D eigenvalue weighted by Crippen LogP contribution is 2.29. The van der Waals surface area contributed by atoms with Crippen LogP contribution in [0.3, 0.4) is 0 Å². The van der Waals surface area contributed by atoms with Crippen molar-refractivity contribution >= 4 is 29.0 Å². The van der Waals surface area contributed by atoms with E-state index < -0.39 is 11.0 Å². The van der Waals surface area contributed by atoms with Gasteiger partial charge < -0.3 is 14.9 Å². The van der Waals surface area contributed by atoms with Gasteiger partial charge in [0.2, 0.25) is 6.33 Å². The van der Waals surface area contributed by atoms with Gasteiger partial charge in [-0.2, -0.15) is 0 Å². The molecule has 0 spiro atoms. The maximum atomic E-state index is 13.1. The van der Waals surface area contributed by atoms with E-state index >= 15 is 0 Å². The number of H-pyrrole nitrogens is 1. The zero-order valence-corrected chi connectivity index (χ0v) is 15.5. The third kappa shape index (κ3) is 5.03. The summed E-state index contributed by atoms with van der Waals surface area (Å²) in [6.45, 7) is 0.504. The van der Waals surface area contributed by atoms with Crippen LogP contribution in [0, 0.1) is 15.9 Å². The van der Waals surface area contributed by atoms with Crippen LogP contribution < -0.4 is 4.57 Å². The Morgan fingerprint density at radius 3 is 2.59 bits per heavy atom. The Bertz CT molecular complexity index is 947. The Kier molecular flexibility index (Phi) is 6.05. The Hall–Kier alpha value is -2.48. The molecule has 140 valence electrons. The molecule has 27 heavy (non-hydrogen) atoms. The fourth-order valence-corrected chi connectivity index (χ4v) is 3.09. The van der Waals surface area contributed by atoms with Crippen LogP contribution in [0.5, 0.6) is 0 Å². The highest BCUT2D eigenvalue weighted by molar-refractivity contribution is 6.35. The Balaban J connectivity index is 1.82. The van der Waals surface area contributed by atoms with Crippen molar-refractivity contribution in [2.75, 3.05) is 0 Å². The molecule has 3 aromatic rings. The lowest BCUT2D eigenvalue weighted by Gasteiger charge is -2.18. The van der Waals surface area contributed by atoms with Gasteiger partial charge in [-0.05, 0) is 34.8 Å². The zero-order chi connectivity index (χ0) is 19.4. The molecule has 0 saturated heterocycles. The molecule has 3 rings (SSSR count). The Morgan fingerprint density at radius 2 is 1.96 bits per heavy atom. The van der Waals surface area contributed by atoms with E-state index in [9.17, 15) is 14.5 Å². The maximum Gasteiger partial charge on any atom is 0.362 e. The monoisotopic (exact) mass is 410 g/mol. The van der Waals surface area contributed by atoms with E-state index in [2.05, 4.69) is 4.98 Å². The zero-order valence-electron chi connectivity index (χ0n) is 13.9. The summed E-state index contributed by atoms with van der Waals surface area (Å²) in [5.74, 6) is -0.458. The summed E-state index contributed by atoms with van der Waals surface area (Å²) in [7, 11) is 0. The van der Waals surface area contributed by atoms with Gasteiger partial charge in [0.25, 0.3) is 0 Å². The number of benzene rings is 2. The van der Waals surface area contributed by atoms with Crippen molar-refractivity contribution < 1.29 is 18.6 Å². The van der Waals surface area contributed by atoms with Crippen molar-refractivity contribution in [1.29, 1.82) is 0 Å². The first-order valence-electron chi connectivity index (χ1n) is 7.95. The summed E-state index contributed by atoms with van der Waals surface area (Å²) in [6.07, 6.45) is 2.36. The van der Waals surface area contributed by atoms with Crippen LogP contribution >= 0.6 is 23.2 Å². The molecule has 0 saturated carbocycles. The fraction of sp³-hybridized carbons (Fsp3) is 0.167. The number of nitrogens with one attached hydrogen (secondary N) is 1. The first-order chi connectivity index (χ1) is 12.9. The van der Waals surface area contributed by atoms with Crippen molar-refractivity contribution in [3.63, 3.8) is 0 Å². The fourth-order valence-electron chi connectivity index (χ4n) is 2.56. The predicted octanol–water partition coefficient (Wildman–Crippen LogP) is 4.61. The number of ether oxygens (including phenoxy) is 1. The molecule has 9 heteroatoms. The molecular weight excluding hydrogens is 396 g/mol. The highest BCUT2D eigenvalue weighted by Gasteiger charge is 2.21. The van der Waals surface area contributed by atoms with Gasteiger partial charge in [0, 0.05) is 15.6 Å². The lowest BCUT2D eigenvalue weighted by atomic mass is 10.1. The minimum absolute atomic E-state index is 0.130. The summed E-state index contributed by atoms with van der Waals surface area (Å²) in [5.41, 5.74) is 1.48. The van der Waals surface area contributed by atoms with Crippen molar-refractivity contribution in [3.05, 3.63) is 92.1 Å². The second kappa shape index (κ2) is 8.47. The largest absolute Gasteiger partial charge is 0.365 e. The molecule has 0 aliphatic rings. The molecule has 1 aromatic heterocycles. The molecule has 0 aliphatic carbocycles. The molecule has 0 fully saturated rings. The molecule has 1 N–H and O–H groups in total. The highest BCUT2D eigenvalue weighted by atomic mass is 35.5. The normalized spacial score (nSPS) is 12.1. The van der Waals surface area contributed by atoms with Gasteiger partial charge in [-0.15, -0.1) is 0 Å². The van der Waals surface area contributed by atoms with Crippen molar-refractivity contribution in [2.45, 2.75) is 19.3 Å². The molecule has 1 heterocycles. The van der Waals surface area contributed by atoms with Crippen LogP contribution in [-0.4, -0.2) is 9.91 Å². The minimum atomic E-state index is -0.514. The third-order valence-electron chi connectivity index (χ3n) is 3.91. The van der Waals surface area contributed by atoms with Gasteiger partial charge in [-0.3, -0.25) is 0 Å². The summed E-state index contributed by atoms with van der Waals surface area (Å²) in [6, 6.07) is 11.0. The number of aromatic nitrogens is 2. The van der Waals surface area contributed by atoms with Gasteiger partial charge in [-0.25, -0.2) is 13.9 Å². The third-order valence-corrected chi connectivity index (χ3v) is 4.48. The number of rotatable bonds is 7. The first kappa shape index (κ1) is 19.3. The molecule has 0 amide bonds. The average molecular weight is 411 g/mol. The Labute approximate surface area is 164 Å². The van der Waals surface area contributed by atoms with Gasteiger partial charge in [0.05, 0.1) is 6.61 Å². The SMILES string of the molecule is O=[N+]([O-])c1c[n+](CC(OCc2ccc(F)cc2)c2ccc(Cl)cc2Cl)c[nH]1. The van der Waals surface area contributed by atoms with E-state index in [1.165, 1.54) is 24.7 Å². The van der Waals surface area contributed by atoms with Gasteiger partial charge in [0.15, 0.2) is 6.20 Å². The van der Waals surface area contributed by atoms with E-state index in [-0.39, 0.29) is 24.8 Å². The molecule has 0 aliphatic heterocycles. The summed E-state index contributed by atoms with van der Waals surface area (Å²) in [4.78, 5) is 12.9. The maximum absolute atomic E-state index is 13.1. The number of hydrogen-bond acceptors (Lipinski definition) is 3. The smallest absolute Gasteiger partial charge is 0.362 e. The molecule has 0 bridgehead atoms. The number of halogens is 3. The van der Waals surface area contributed by atoms with Gasteiger partial charge in [0.1, 0.15) is 18.5 Å². The van der Waals surface area contributed by atoms with E-state index in [1.54, 1.807) is 34.9 Å². The van der Waals surface area contributed by atoms with E-state index in [0.29, 0.717) is 15.6 Å². The van der Waals surface area contributed by atoms with Crippen LogP contribution in [0.4, 0.5) is 10.2 Å². The topological polar surface area (TPSA) is 72.0 Å². The van der Waals surface area contributed by atoms with Crippen LogP contribution in [0.2, 0.25) is 10.0 Å². The molecule has 1 unspecified atom stereocenters. The minimum Gasteiger partial charge on any atom is -0.365 e. The quantitative estimate of drug-likeness (QED) is 0.351. The van der Waals surface area contributed by atoms with E-state index in [0.717, 1.165) is 5.56 Å². The van der Waals surface area contributed by atoms with E-state index in [1.807, 2.05) is 0 Å².